The fraction of sp³-hybridized carbons (Fsp3) is 0.923. The molecule has 2 unspecified atom stereocenters. The molecule has 0 aromatic rings. The van der Waals surface area contributed by atoms with Gasteiger partial charge in [-0.2, -0.15) is 0 Å². The molecule has 0 heterocycles. The minimum atomic E-state index is -0.209. The van der Waals surface area contributed by atoms with Crippen molar-refractivity contribution in [2.45, 2.75) is 69.9 Å². The van der Waals surface area contributed by atoms with E-state index in [4.69, 9.17) is 5.73 Å². The van der Waals surface area contributed by atoms with Gasteiger partial charge in [0.2, 0.25) is 5.91 Å². The van der Waals surface area contributed by atoms with E-state index in [-0.39, 0.29) is 11.4 Å². The molecule has 0 aliphatic heterocycles. The Morgan fingerprint density at radius 2 is 2.06 bits per heavy atom. The SMILES string of the molecule is CCC1CC1NC(=O)CC1(N)CCCCC1. The smallest absolute Gasteiger partial charge is 0.222 e. The maximum atomic E-state index is 11.8. The van der Waals surface area contributed by atoms with E-state index < -0.39 is 0 Å². The van der Waals surface area contributed by atoms with Crippen molar-refractivity contribution in [3.63, 3.8) is 0 Å². The predicted octanol–water partition coefficient (Wildman–Crippen LogP) is 1.95. The first-order chi connectivity index (χ1) is 7.63. The van der Waals surface area contributed by atoms with E-state index in [9.17, 15) is 4.79 Å². The van der Waals surface area contributed by atoms with Gasteiger partial charge in [-0.3, -0.25) is 4.79 Å². The highest BCUT2D eigenvalue weighted by Crippen LogP contribution is 2.34. The average Bonchev–Trinajstić information content (AvgIpc) is 2.96. The second-order valence-corrected chi connectivity index (χ2v) is 5.68. The summed E-state index contributed by atoms with van der Waals surface area (Å²) in [6.07, 6.45) is 8.56. The second-order valence-electron chi connectivity index (χ2n) is 5.68. The third-order valence-electron chi connectivity index (χ3n) is 4.16. The first-order valence-electron chi connectivity index (χ1n) is 6.71. The zero-order valence-corrected chi connectivity index (χ0v) is 10.3. The molecule has 2 saturated carbocycles. The second kappa shape index (κ2) is 4.74. The van der Waals surface area contributed by atoms with Gasteiger partial charge in [-0.15, -0.1) is 0 Å². The third kappa shape index (κ3) is 2.97. The van der Waals surface area contributed by atoms with E-state index in [0.29, 0.717) is 12.5 Å². The zero-order chi connectivity index (χ0) is 11.6. The molecule has 0 saturated heterocycles. The normalized spacial score (nSPS) is 32.1. The lowest BCUT2D eigenvalue weighted by Crippen LogP contribution is -2.46. The molecule has 0 aromatic heterocycles. The van der Waals surface area contributed by atoms with Gasteiger partial charge in [-0.25, -0.2) is 0 Å². The molecule has 0 bridgehead atoms. The molecule has 2 atom stereocenters. The molecule has 2 aliphatic carbocycles. The van der Waals surface area contributed by atoms with Crippen LogP contribution in [-0.4, -0.2) is 17.5 Å². The molecule has 2 rings (SSSR count). The average molecular weight is 224 g/mol. The summed E-state index contributed by atoms with van der Waals surface area (Å²) in [5.74, 6) is 0.898. The number of carbonyl (C=O) groups excluding carboxylic acids is 1. The predicted molar refractivity (Wildman–Crippen MR) is 64.9 cm³/mol. The summed E-state index contributed by atoms with van der Waals surface area (Å²) in [6.45, 7) is 2.18. The molecule has 2 aliphatic rings. The molecule has 0 radical (unpaired) electrons. The van der Waals surface area contributed by atoms with Crippen molar-refractivity contribution in [3.05, 3.63) is 0 Å². The Balaban J connectivity index is 1.74. The number of nitrogens with two attached hydrogens (primary N) is 1. The summed E-state index contributed by atoms with van der Waals surface area (Å²) >= 11 is 0. The third-order valence-corrected chi connectivity index (χ3v) is 4.16. The zero-order valence-electron chi connectivity index (χ0n) is 10.3. The minimum Gasteiger partial charge on any atom is -0.353 e. The van der Waals surface area contributed by atoms with Crippen molar-refractivity contribution in [3.8, 4) is 0 Å². The molecule has 3 nitrogen and oxygen atoms in total. The summed E-state index contributed by atoms with van der Waals surface area (Å²) in [4.78, 5) is 11.8. The number of hydrogen-bond donors (Lipinski definition) is 2. The largest absolute Gasteiger partial charge is 0.353 e. The van der Waals surface area contributed by atoms with Crippen LogP contribution in [0.2, 0.25) is 0 Å². The first-order valence-corrected chi connectivity index (χ1v) is 6.71. The highest BCUT2D eigenvalue weighted by Gasteiger charge is 2.38. The Bertz CT molecular complexity index is 259. The number of carbonyl (C=O) groups is 1. The van der Waals surface area contributed by atoms with Gasteiger partial charge in [0.1, 0.15) is 0 Å². The molecule has 3 heteroatoms. The van der Waals surface area contributed by atoms with Gasteiger partial charge in [-0.05, 0) is 25.2 Å². The molecule has 1 amide bonds. The molecular weight excluding hydrogens is 200 g/mol. The van der Waals surface area contributed by atoms with E-state index in [1.165, 1.54) is 32.1 Å². The lowest BCUT2D eigenvalue weighted by atomic mass is 9.80. The molecule has 0 spiro atoms. The van der Waals surface area contributed by atoms with Crippen LogP contribution in [0.15, 0.2) is 0 Å². The molecule has 2 fully saturated rings. The first kappa shape index (κ1) is 11.9. The van der Waals surface area contributed by atoms with Gasteiger partial charge < -0.3 is 11.1 Å². The van der Waals surface area contributed by atoms with Crippen LogP contribution in [-0.2, 0) is 4.79 Å². The van der Waals surface area contributed by atoms with Gasteiger partial charge in [0.25, 0.3) is 0 Å². The number of hydrogen-bond acceptors (Lipinski definition) is 2. The highest BCUT2D eigenvalue weighted by molar-refractivity contribution is 5.78. The maximum Gasteiger partial charge on any atom is 0.222 e. The van der Waals surface area contributed by atoms with Crippen molar-refractivity contribution in [1.82, 2.24) is 5.32 Å². The van der Waals surface area contributed by atoms with Crippen LogP contribution in [0.1, 0.15) is 58.3 Å². The number of amides is 1. The Morgan fingerprint density at radius 3 is 2.62 bits per heavy atom. The Hall–Kier alpha value is -0.570. The minimum absolute atomic E-state index is 0.172. The van der Waals surface area contributed by atoms with Gasteiger partial charge in [0.15, 0.2) is 0 Å². The fourth-order valence-corrected chi connectivity index (χ4v) is 2.89. The number of rotatable bonds is 4. The highest BCUT2D eigenvalue weighted by atomic mass is 16.1. The molecular formula is C13H24N2O. The van der Waals surface area contributed by atoms with Crippen molar-refractivity contribution in [2.24, 2.45) is 11.7 Å². The van der Waals surface area contributed by atoms with Gasteiger partial charge in [0, 0.05) is 18.0 Å². The van der Waals surface area contributed by atoms with Crippen LogP contribution in [0.3, 0.4) is 0 Å². The van der Waals surface area contributed by atoms with Crippen molar-refractivity contribution in [2.75, 3.05) is 0 Å². The van der Waals surface area contributed by atoms with Crippen LogP contribution in [0.4, 0.5) is 0 Å². The van der Waals surface area contributed by atoms with E-state index in [1.54, 1.807) is 0 Å². The van der Waals surface area contributed by atoms with E-state index in [1.807, 2.05) is 0 Å². The number of nitrogens with one attached hydrogen (secondary N) is 1. The Morgan fingerprint density at radius 1 is 1.38 bits per heavy atom. The van der Waals surface area contributed by atoms with E-state index in [2.05, 4.69) is 12.2 Å². The molecule has 3 N–H and O–H groups in total. The topological polar surface area (TPSA) is 55.1 Å². The lowest BCUT2D eigenvalue weighted by Gasteiger charge is -2.32. The fourth-order valence-electron chi connectivity index (χ4n) is 2.89. The van der Waals surface area contributed by atoms with Crippen molar-refractivity contribution < 1.29 is 4.79 Å². The van der Waals surface area contributed by atoms with Crippen LogP contribution >= 0.6 is 0 Å². The van der Waals surface area contributed by atoms with Crippen LogP contribution in [0.25, 0.3) is 0 Å². The summed E-state index contributed by atoms with van der Waals surface area (Å²) in [5, 5.41) is 3.11. The molecule has 92 valence electrons. The summed E-state index contributed by atoms with van der Waals surface area (Å²) in [6, 6.07) is 0.449. The van der Waals surface area contributed by atoms with Crippen molar-refractivity contribution in [1.29, 1.82) is 0 Å². The summed E-state index contributed by atoms with van der Waals surface area (Å²) in [5.41, 5.74) is 6.05. The maximum absolute atomic E-state index is 11.8. The van der Waals surface area contributed by atoms with Gasteiger partial charge in [0.05, 0.1) is 0 Å². The standard InChI is InChI=1S/C13H24N2O/c1-2-10-8-11(10)15-12(16)9-13(14)6-4-3-5-7-13/h10-11H,2-9,14H2,1H3,(H,15,16). The Labute approximate surface area is 98.2 Å². The van der Waals surface area contributed by atoms with E-state index in [0.717, 1.165) is 18.8 Å². The van der Waals surface area contributed by atoms with Crippen LogP contribution in [0, 0.1) is 5.92 Å². The van der Waals surface area contributed by atoms with Crippen LogP contribution in [0.5, 0.6) is 0 Å². The Kier molecular flexibility index (Phi) is 3.53. The van der Waals surface area contributed by atoms with Gasteiger partial charge in [-0.1, -0.05) is 32.6 Å². The lowest BCUT2D eigenvalue weighted by molar-refractivity contribution is -0.122. The van der Waals surface area contributed by atoms with Crippen molar-refractivity contribution >= 4 is 5.91 Å². The van der Waals surface area contributed by atoms with Gasteiger partial charge >= 0.3 is 0 Å². The molecule has 0 aromatic carbocycles. The van der Waals surface area contributed by atoms with E-state index >= 15 is 0 Å². The summed E-state index contributed by atoms with van der Waals surface area (Å²) < 4.78 is 0. The monoisotopic (exact) mass is 224 g/mol. The summed E-state index contributed by atoms with van der Waals surface area (Å²) in [7, 11) is 0. The molecule has 16 heavy (non-hydrogen) atoms. The van der Waals surface area contributed by atoms with Crippen LogP contribution < -0.4 is 11.1 Å². The quantitative estimate of drug-likeness (QED) is 0.767.